The molecule has 1 saturated carbocycles. The summed E-state index contributed by atoms with van der Waals surface area (Å²) in [5.41, 5.74) is 7.87. The second kappa shape index (κ2) is 10.5. The molecule has 5 nitrogen and oxygen atoms in total. The van der Waals surface area contributed by atoms with Crippen LogP contribution in [0.4, 0.5) is 0 Å². The van der Waals surface area contributed by atoms with Crippen LogP contribution in [0, 0.1) is 0 Å². The van der Waals surface area contributed by atoms with Gasteiger partial charge in [-0.25, -0.2) is 0 Å². The fourth-order valence-electron chi connectivity index (χ4n) is 3.52. The Hall–Kier alpha value is -1.76. The summed E-state index contributed by atoms with van der Waals surface area (Å²) >= 11 is 0. The number of nitrogens with two attached hydrogens (primary N) is 1. The highest BCUT2D eigenvalue weighted by molar-refractivity contribution is 5.14. The monoisotopic (exact) mass is 370 g/mol. The summed E-state index contributed by atoms with van der Waals surface area (Å²) < 4.78 is 12.2. The minimum absolute atomic E-state index is 0.0321. The van der Waals surface area contributed by atoms with Crippen LogP contribution in [-0.2, 0) is 22.7 Å². The van der Waals surface area contributed by atoms with Gasteiger partial charge in [-0.1, -0.05) is 60.7 Å². The van der Waals surface area contributed by atoms with E-state index in [0.717, 1.165) is 17.5 Å². The highest BCUT2D eigenvalue weighted by atomic mass is 16.5. The standard InChI is InChI=1S/C22H30N2O3/c23-11-12-24-20-13-19(26-15-17-7-3-1-4-8-17)14-21(22(20)25)27-16-18-9-5-2-6-10-18/h1-10,19-22,24-25H,11-16,23H2/t19-,20+,21+,22-/m0/s1. The van der Waals surface area contributed by atoms with E-state index < -0.39 is 6.10 Å². The number of aliphatic hydroxyl groups excluding tert-OH is 1. The van der Waals surface area contributed by atoms with Crippen molar-refractivity contribution >= 4 is 0 Å². The number of hydrogen-bond acceptors (Lipinski definition) is 5. The topological polar surface area (TPSA) is 76.7 Å². The maximum Gasteiger partial charge on any atom is 0.0956 e. The van der Waals surface area contributed by atoms with E-state index in [9.17, 15) is 5.11 Å². The van der Waals surface area contributed by atoms with Gasteiger partial charge in [-0.3, -0.25) is 0 Å². The van der Waals surface area contributed by atoms with Gasteiger partial charge in [0, 0.05) is 25.6 Å². The normalized spacial score (nSPS) is 25.4. The molecule has 0 spiro atoms. The van der Waals surface area contributed by atoms with E-state index in [0.29, 0.717) is 32.7 Å². The number of nitrogens with one attached hydrogen (secondary N) is 1. The van der Waals surface area contributed by atoms with Crippen LogP contribution in [0.15, 0.2) is 60.7 Å². The maximum absolute atomic E-state index is 10.8. The van der Waals surface area contributed by atoms with Gasteiger partial charge in [0.1, 0.15) is 0 Å². The van der Waals surface area contributed by atoms with Gasteiger partial charge in [-0.15, -0.1) is 0 Å². The van der Waals surface area contributed by atoms with Gasteiger partial charge in [-0.2, -0.15) is 0 Å². The van der Waals surface area contributed by atoms with Crippen molar-refractivity contribution in [2.24, 2.45) is 5.73 Å². The summed E-state index contributed by atoms with van der Waals surface area (Å²) in [5.74, 6) is 0. The number of ether oxygens (including phenoxy) is 2. The van der Waals surface area contributed by atoms with Crippen LogP contribution in [0.3, 0.4) is 0 Å². The third-order valence-corrected chi connectivity index (χ3v) is 4.99. The highest BCUT2D eigenvalue weighted by Gasteiger charge is 2.37. The molecule has 0 heterocycles. The molecule has 2 aromatic carbocycles. The SMILES string of the molecule is NCCN[C@@H]1C[C@H](OCc2ccccc2)C[C@@H](OCc2ccccc2)[C@H]1O. The molecule has 0 radical (unpaired) electrons. The van der Waals surface area contributed by atoms with Crippen LogP contribution >= 0.6 is 0 Å². The first-order valence-corrected chi connectivity index (χ1v) is 9.69. The van der Waals surface area contributed by atoms with E-state index in [2.05, 4.69) is 17.4 Å². The zero-order valence-corrected chi connectivity index (χ0v) is 15.7. The lowest BCUT2D eigenvalue weighted by atomic mass is 9.87. The minimum Gasteiger partial charge on any atom is -0.389 e. The average Bonchev–Trinajstić information content (AvgIpc) is 2.72. The van der Waals surface area contributed by atoms with E-state index >= 15 is 0 Å². The Balaban J connectivity index is 1.59. The quantitative estimate of drug-likeness (QED) is 0.631. The fourth-order valence-corrected chi connectivity index (χ4v) is 3.52. The molecule has 146 valence electrons. The molecule has 3 rings (SSSR count). The number of aliphatic hydroxyl groups is 1. The van der Waals surface area contributed by atoms with Crippen molar-refractivity contribution in [3.63, 3.8) is 0 Å². The maximum atomic E-state index is 10.8. The van der Waals surface area contributed by atoms with Crippen molar-refractivity contribution in [3.05, 3.63) is 71.8 Å². The van der Waals surface area contributed by atoms with E-state index in [1.54, 1.807) is 0 Å². The van der Waals surface area contributed by atoms with Crippen LogP contribution in [-0.4, -0.2) is 42.5 Å². The van der Waals surface area contributed by atoms with Gasteiger partial charge in [0.05, 0.1) is 31.5 Å². The smallest absolute Gasteiger partial charge is 0.0956 e. The lowest BCUT2D eigenvalue weighted by Crippen LogP contribution is -2.54. The Kier molecular flexibility index (Phi) is 7.80. The van der Waals surface area contributed by atoms with Crippen molar-refractivity contribution in [2.45, 2.75) is 50.4 Å². The fraction of sp³-hybridized carbons (Fsp3) is 0.455. The van der Waals surface area contributed by atoms with E-state index in [-0.39, 0.29) is 18.2 Å². The van der Waals surface area contributed by atoms with Gasteiger partial charge in [0.15, 0.2) is 0 Å². The minimum atomic E-state index is -0.572. The van der Waals surface area contributed by atoms with Gasteiger partial charge >= 0.3 is 0 Å². The van der Waals surface area contributed by atoms with Crippen molar-refractivity contribution < 1.29 is 14.6 Å². The molecule has 1 aliphatic rings. The van der Waals surface area contributed by atoms with Gasteiger partial charge in [0.2, 0.25) is 0 Å². The van der Waals surface area contributed by atoms with Gasteiger partial charge in [-0.05, 0) is 17.5 Å². The molecular weight excluding hydrogens is 340 g/mol. The Bertz CT molecular complexity index is 653. The number of rotatable bonds is 9. The second-order valence-electron chi connectivity index (χ2n) is 7.06. The molecule has 0 amide bonds. The zero-order valence-electron chi connectivity index (χ0n) is 15.7. The average molecular weight is 370 g/mol. The van der Waals surface area contributed by atoms with E-state index in [1.165, 1.54) is 0 Å². The Labute approximate surface area is 161 Å². The first-order chi connectivity index (χ1) is 13.3. The van der Waals surface area contributed by atoms with Crippen LogP contribution in [0.1, 0.15) is 24.0 Å². The Morgan fingerprint density at radius 3 is 2.07 bits per heavy atom. The first-order valence-electron chi connectivity index (χ1n) is 9.69. The summed E-state index contributed by atoms with van der Waals surface area (Å²) in [4.78, 5) is 0. The molecule has 0 unspecified atom stereocenters. The summed E-state index contributed by atoms with van der Waals surface area (Å²) in [6.07, 6.45) is 0.623. The lowest BCUT2D eigenvalue weighted by molar-refractivity contribution is -0.123. The van der Waals surface area contributed by atoms with Crippen LogP contribution in [0.5, 0.6) is 0 Å². The molecule has 1 aliphatic carbocycles. The molecule has 5 heteroatoms. The number of benzene rings is 2. The lowest BCUT2D eigenvalue weighted by Gasteiger charge is -2.39. The summed E-state index contributed by atoms with van der Waals surface area (Å²) in [6, 6.07) is 20.1. The molecule has 0 aromatic heterocycles. The summed E-state index contributed by atoms with van der Waals surface area (Å²) in [5, 5.41) is 14.1. The summed E-state index contributed by atoms with van der Waals surface area (Å²) in [6.45, 7) is 2.25. The van der Waals surface area contributed by atoms with Crippen molar-refractivity contribution in [1.29, 1.82) is 0 Å². The molecule has 0 aliphatic heterocycles. The summed E-state index contributed by atoms with van der Waals surface area (Å²) in [7, 11) is 0. The predicted octanol–water partition coefficient (Wildman–Crippen LogP) is 2.23. The van der Waals surface area contributed by atoms with Crippen molar-refractivity contribution in [1.82, 2.24) is 5.32 Å². The molecule has 27 heavy (non-hydrogen) atoms. The van der Waals surface area contributed by atoms with Crippen LogP contribution in [0.25, 0.3) is 0 Å². The Morgan fingerprint density at radius 1 is 0.889 bits per heavy atom. The molecule has 2 aromatic rings. The molecule has 0 bridgehead atoms. The first kappa shape index (κ1) is 20.0. The Morgan fingerprint density at radius 2 is 1.48 bits per heavy atom. The van der Waals surface area contributed by atoms with E-state index in [1.807, 2.05) is 48.5 Å². The van der Waals surface area contributed by atoms with Gasteiger partial charge in [0.25, 0.3) is 0 Å². The molecule has 0 saturated heterocycles. The number of hydrogen-bond donors (Lipinski definition) is 3. The second-order valence-corrected chi connectivity index (χ2v) is 7.06. The van der Waals surface area contributed by atoms with Crippen molar-refractivity contribution in [2.75, 3.05) is 13.1 Å². The van der Waals surface area contributed by atoms with Crippen LogP contribution in [0.2, 0.25) is 0 Å². The zero-order chi connectivity index (χ0) is 18.9. The molecule has 1 fully saturated rings. The van der Waals surface area contributed by atoms with Gasteiger partial charge < -0.3 is 25.6 Å². The van der Waals surface area contributed by atoms with Crippen LogP contribution < -0.4 is 11.1 Å². The third kappa shape index (κ3) is 6.13. The highest BCUT2D eigenvalue weighted by Crippen LogP contribution is 2.26. The van der Waals surface area contributed by atoms with E-state index in [4.69, 9.17) is 15.2 Å². The largest absolute Gasteiger partial charge is 0.389 e. The molecule has 4 atom stereocenters. The van der Waals surface area contributed by atoms with Crippen molar-refractivity contribution in [3.8, 4) is 0 Å². The third-order valence-electron chi connectivity index (χ3n) is 4.99. The molecular formula is C22H30N2O3. The molecule has 4 N–H and O–H groups in total. The predicted molar refractivity (Wildman–Crippen MR) is 106 cm³/mol.